The van der Waals surface area contributed by atoms with E-state index in [2.05, 4.69) is 40.1 Å². The molecule has 0 spiro atoms. The molecule has 1 saturated carbocycles. The van der Waals surface area contributed by atoms with Crippen LogP contribution in [0.1, 0.15) is 55.9 Å². The summed E-state index contributed by atoms with van der Waals surface area (Å²) in [5.74, 6) is 1.18. The van der Waals surface area contributed by atoms with E-state index in [-0.39, 0.29) is 7.92 Å². The molecule has 1 saturated heterocycles. The fraction of sp³-hybridized carbons (Fsp3) is 0.500. The van der Waals surface area contributed by atoms with Crippen LogP contribution in [0, 0.1) is 5.53 Å². The van der Waals surface area contributed by atoms with Crippen LogP contribution in [0.3, 0.4) is 0 Å². The molecule has 0 amide bonds. The summed E-state index contributed by atoms with van der Waals surface area (Å²) in [4.78, 5) is 6.16. The van der Waals surface area contributed by atoms with Crippen LogP contribution in [-0.2, 0) is 0 Å². The minimum absolute atomic E-state index is 0.117. The molecule has 7 heteroatoms. The Morgan fingerprint density at radius 3 is 2.72 bits per heavy atom. The maximum Gasteiger partial charge on any atom is 0.168 e. The van der Waals surface area contributed by atoms with Gasteiger partial charge in [-0.2, -0.15) is 0 Å². The predicted molar refractivity (Wildman–Crippen MR) is 125 cm³/mol. The molecule has 2 fully saturated rings. The van der Waals surface area contributed by atoms with E-state index in [1.807, 2.05) is 18.4 Å². The number of thiazole rings is 1. The Kier molecular flexibility index (Phi) is 6.94. The average molecular weight is 428 g/mol. The standard InChI is InChI=1S/C22H30N5PS/c1-24-15-21(27-23)26-17-9-10-18(19(13-17)28-11-5-6-12-28)20-14-25-22(29-20)16-7-3-2-4-8-16/h9-10,13-16,23-24,26H,2-8,11-12H2,1H3/b21-15-,27-23?. The maximum absolute atomic E-state index is 7.36. The Labute approximate surface area is 178 Å². The summed E-state index contributed by atoms with van der Waals surface area (Å²) in [6.45, 7) is 0. The summed E-state index contributed by atoms with van der Waals surface area (Å²) in [6.07, 6.45) is 15.8. The van der Waals surface area contributed by atoms with E-state index in [0.717, 1.165) is 5.69 Å². The quantitative estimate of drug-likeness (QED) is 0.363. The van der Waals surface area contributed by atoms with Crippen LogP contribution < -0.4 is 15.9 Å². The first-order valence-corrected chi connectivity index (χ1v) is 13.2. The summed E-state index contributed by atoms with van der Waals surface area (Å²) in [5.41, 5.74) is 9.73. The highest BCUT2D eigenvalue weighted by molar-refractivity contribution is 7.66. The van der Waals surface area contributed by atoms with Crippen molar-refractivity contribution in [1.29, 1.82) is 5.53 Å². The van der Waals surface area contributed by atoms with E-state index in [1.54, 1.807) is 6.20 Å². The fourth-order valence-electron chi connectivity index (χ4n) is 4.37. The van der Waals surface area contributed by atoms with Gasteiger partial charge in [0, 0.05) is 36.6 Å². The van der Waals surface area contributed by atoms with Crippen molar-refractivity contribution in [2.45, 2.75) is 50.9 Å². The summed E-state index contributed by atoms with van der Waals surface area (Å²) in [5, 5.41) is 12.6. The summed E-state index contributed by atoms with van der Waals surface area (Å²) in [7, 11) is 1.70. The molecule has 2 heterocycles. The molecular weight excluding hydrogens is 397 g/mol. The number of nitrogens with one attached hydrogen (secondary N) is 3. The first-order chi connectivity index (χ1) is 14.3. The zero-order chi connectivity index (χ0) is 20.1. The molecule has 154 valence electrons. The summed E-state index contributed by atoms with van der Waals surface area (Å²) in [6, 6.07) is 6.65. The molecule has 29 heavy (non-hydrogen) atoms. The lowest BCUT2D eigenvalue weighted by molar-refractivity contribution is 0.442. The molecule has 4 rings (SSSR count). The van der Waals surface area contributed by atoms with Crippen molar-refractivity contribution in [1.82, 2.24) is 10.3 Å². The third kappa shape index (κ3) is 4.87. The Morgan fingerprint density at radius 2 is 2.00 bits per heavy atom. The monoisotopic (exact) mass is 427 g/mol. The van der Waals surface area contributed by atoms with Crippen molar-refractivity contribution in [3.05, 3.63) is 41.4 Å². The van der Waals surface area contributed by atoms with Crippen LogP contribution in [0.4, 0.5) is 5.69 Å². The Bertz CT molecular complexity index is 866. The molecule has 1 aliphatic carbocycles. The molecule has 0 atom stereocenters. The van der Waals surface area contributed by atoms with E-state index < -0.39 is 0 Å². The van der Waals surface area contributed by atoms with Crippen molar-refractivity contribution in [2.24, 2.45) is 5.11 Å². The van der Waals surface area contributed by atoms with Crippen LogP contribution in [0.15, 0.2) is 41.5 Å². The van der Waals surface area contributed by atoms with Crippen LogP contribution in [-0.4, -0.2) is 24.4 Å². The largest absolute Gasteiger partial charge is 0.391 e. The smallest absolute Gasteiger partial charge is 0.168 e. The molecule has 1 aromatic heterocycles. The highest BCUT2D eigenvalue weighted by Gasteiger charge is 2.23. The molecule has 0 unspecified atom stereocenters. The van der Waals surface area contributed by atoms with Crippen LogP contribution >= 0.6 is 19.3 Å². The molecule has 3 N–H and O–H groups in total. The lowest BCUT2D eigenvalue weighted by Gasteiger charge is -2.19. The lowest BCUT2D eigenvalue weighted by atomic mass is 9.90. The molecule has 5 nitrogen and oxygen atoms in total. The van der Waals surface area contributed by atoms with Gasteiger partial charge in [0.25, 0.3) is 0 Å². The van der Waals surface area contributed by atoms with Crippen LogP contribution in [0.5, 0.6) is 0 Å². The van der Waals surface area contributed by atoms with Crippen molar-refractivity contribution in [3.63, 3.8) is 0 Å². The summed E-state index contributed by atoms with van der Waals surface area (Å²) >= 11 is 1.91. The van der Waals surface area contributed by atoms with Crippen molar-refractivity contribution < 1.29 is 0 Å². The van der Waals surface area contributed by atoms with Gasteiger partial charge in [-0.1, -0.05) is 33.3 Å². The molecule has 0 bridgehead atoms. The SMILES string of the molecule is CN/C=C(\N=N)Nc1ccc(-c2cnc(C3CCCCC3)s2)c(P2CCCC2)c1. The number of aromatic nitrogens is 1. The topological polar surface area (TPSA) is 73.2 Å². The number of hydrogen-bond acceptors (Lipinski definition) is 6. The van der Waals surface area contributed by atoms with Gasteiger partial charge in [0.15, 0.2) is 5.82 Å². The highest BCUT2D eigenvalue weighted by atomic mass is 32.1. The summed E-state index contributed by atoms with van der Waals surface area (Å²) < 4.78 is 0. The Hall–Kier alpha value is -1.78. The number of rotatable bonds is 7. The zero-order valence-electron chi connectivity index (χ0n) is 17.1. The highest BCUT2D eigenvalue weighted by Crippen LogP contribution is 2.46. The van der Waals surface area contributed by atoms with Gasteiger partial charge in [-0.05, 0) is 55.4 Å². The van der Waals surface area contributed by atoms with Gasteiger partial charge in [0.2, 0.25) is 0 Å². The molecule has 2 aromatic rings. The second kappa shape index (κ2) is 9.82. The van der Waals surface area contributed by atoms with Gasteiger partial charge in [-0.15, -0.1) is 16.5 Å². The van der Waals surface area contributed by atoms with E-state index in [9.17, 15) is 0 Å². The number of nitrogens with zero attached hydrogens (tertiary/aromatic N) is 2. The van der Waals surface area contributed by atoms with E-state index in [1.165, 1.54) is 78.0 Å². The first-order valence-electron chi connectivity index (χ1n) is 10.7. The Balaban J connectivity index is 1.64. The van der Waals surface area contributed by atoms with Gasteiger partial charge >= 0.3 is 0 Å². The van der Waals surface area contributed by atoms with Crippen molar-refractivity contribution in [2.75, 3.05) is 24.7 Å². The average Bonchev–Trinajstić information content (AvgIpc) is 3.46. The van der Waals surface area contributed by atoms with E-state index in [4.69, 9.17) is 10.5 Å². The zero-order valence-corrected chi connectivity index (χ0v) is 18.8. The second-order valence-corrected chi connectivity index (χ2v) is 11.4. The number of hydrogen-bond donors (Lipinski definition) is 3. The number of benzene rings is 1. The first kappa shape index (κ1) is 20.5. The van der Waals surface area contributed by atoms with E-state index >= 15 is 0 Å². The molecular formula is C22H30N5PS. The molecule has 0 radical (unpaired) electrons. The predicted octanol–water partition coefficient (Wildman–Crippen LogP) is 6.22. The van der Waals surface area contributed by atoms with Gasteiger partial charge in [0.1, 0.15) is 0 Å². The van der Waals surface area contributed by atoms with Gasteiger partial charge in [-0.3, -0.25) is 0 Å². The molecule has 1 aliphatic heterocycles. The van der Waals surface area contributed by atoms with Crippen LogP contribution in [0.2, 0.25) is 0 Å². The number of anilines is 1. The Morgan fingerprint density at radius 1 is 1.21 bits per heavy atom. The maximum atomic E-state index is 7.36. The lowest BCUT2D eigenvalue weighted by Crippen LogP contribution is -2.09. The van der Waals surface area contributed by atoms with Crippen molar-refractivity contribution >= 4 is 30.3 Å². The second-order valence-electron chi connectivity index (χ2n) is 7.88. The van der Waals surface area contributed by atoms with Crippen molar-refractivity contribution in [3.8, 4) is 10.4 Å². The normalized spacial score (nSPS) is 18.7. The third-order valence-corrected chi connectivity index (χ3v) is 9.82. The fourth-order valence-corrected chi connectivity index (χ4v) is 8.34. The van der Waals surface area contributed by atoms with Gasteiger partial charge in [0.05, 0.1) is 9.88 Å². The van der Waals surface area contributed by atoms with E-state index in [0.29, 0.717) is 11.7 Å². The van der Waals surface area contributed by atoms with Crippen LogP contribution in [0.25, 0.3) is 10.4 Å². The molecule has 1 aromatic carbocycles. The van der Waals surface area contributed by atoms with Gasteiger partial charge in [-0.25, -0.2) is 10.5 Å². The minimum Gasteiger partial charge on any atom is -0.391 e. The molecule has 2 aliphatic rings. The minimum atomic E-state index is -0.117. The van der Waals surface area contributed by atoms with Gasteiger partial charge < -0.3 is 10.6 Å². The third-order valence-electron chi connectivity index (χ3n) is 5.86.